The number of benzene rings is 3. The number of ketones is 1. The molecule has 3 aromatic carbocycles. The summed E-state index contributed by atoms with van der Waals surface area (Å²) >= 11 is 0. The molecule has 0 fully saturated rings. The van der Waals surface area contributed by atoms with Crippen molar-refractivity contribution in [3.05, 3.63) is 83.4 Å². The maximum atomic E-state index is 14.6. The summed E-state index contributed by atoms with van der Waals surface area (Å²) in [6, 6.07) is 12.5. The molecule has 0 radical (unpaired) electrons. The highest BCUT2D eigenvalue weighted by Gasteiger charge is 2.39. The number of nitrogens with two attached hydrogens (primary N) is 1. The summed E-state index contributed by atoms with van der Waals surface area (Å²) in [5, 5.41) is 18.9. The number of amides is 8. The second kappa shape index (κ2) is 24.6. The molecule has 7 atom stereocenters. The van der Waals surface area contributed by atoms with Crippen LogP contribution in [0.25, 0.3) is 11.1 Å². The third-order valence-electron chi connectivity index (χ3n) is 12.0. The van der Waals surface area contributed by atoms with Gasteiger partial charge in [0.05, 0.1) is 24.8 Å². The third kappa shape index (κ3) is 14.6. The van der Waals surface area contributed by atoms with E-state index < -0.39 is 95.4 Å². The van der Waals surface area contributed by atoms with Gasteiger partial charge in [0.2, 0.25) is 41.4 Å². The summed E-state index contributed by atoms with van der Waals surface area (Å²) in [6.07, 6.45) is -0.334. The van der Waals surface area contributed by atoms with E-state index in [0.717, 1.165) is 5.56 Å². The van der Waals surface area contributed by atoms with Gasteiger partial charge < -0.3 is 52.4 Å². The minimum absolute atomic E-state index is 0.0479. The van der Waals surface area contributed by atoms with Gasteiger partial charge in [-0.3, -0.25) is 38.4 Å². The monoisotopic (exact) mass is 952 g/mol. The Morgan fingerprint density at radius 3 is 2.23 bits per heavy atom. The summed E-state index contributed by atoms with van der Waals surface area (Å²) in [5.74, 6) is -5.84. The van der Waals surface area contributed by atoms with Crippen molar-refractivity contribution in [2.75, 3.05) is 12.4 Å². The Hall–Kier alpha value is -7.31. The van der Waals surface area contributed by atoms with Crippen molar-refractivity contribution in [1.82, 2.24) is 31.9 Å². The molecule has 69 heavy (non-hydrogen) atoms. The quantitative estimate of drug-likeness (QED) is 0.0864. The summed E-state index contributed by atoms with van der Waals surface area (Å²) in [7, 11) is 1.50. The van der Waals surface area contributed by atoms with Gasteiger partial charge in [-0.15, -0.1) is 0 Å². The van der Waals surface area contributed by atoms with Crippen LogP contribution in [0.3, 0.4) is 0 Å². The van der Waals surface area contributed by atoms with Gasteiger partial charge in [0.15, 0.2) is 5.78 Å². The number of methoxy groups -OCH3 is 1. The molecule has 0 saturated carbocycles. The molecule has 19 nitrogen and oxygen atoms in total. The highest BCUT2D eigenvalue weighted by atomic mass is 16.5. The lowest BCUT2D eigenvalue weighted by molar-refractivity contribution is -0.134. The predicted octanol–water partition coefficient (Wildman–Crippen LogP) is 3.17. The molecule has 0 saturated heterocycles. The van der Waals surface area contributed by atoms with Crippen molar-refractivity contribution in [2.45, 2.75) is 135 Å². The van der Waals surface area contributed by atoms with E-state index in [0.29, 0.717) is 46.5 Å². The number of fused-ring (bicyclic) bond motifs is 3. The Labute approximate surface area is 401 Å². The Morgan fingerprint density at radius 1 is 0.812 bits per heavy atom. The molecule has 9 N–H and O–H groups in total. The number of primary amides is 1. The highest BCUT2D eigenvalue weighted by molar-refractivity contribution is 6.08. The minimum Gasteiger partial charge on any atom is -0.496 e. The third-order valence-corrected chi connectivity index (χ3v) is 12.0. The van der Waals surface area contributed by atoms with Gasteiger partial charge in [-0.2, -0.15) is 0 Å². The molecule has 3 aromatic rings. The fourth-order valence-corrected chi connectivity index (χ4v) is 8.16. The molecule has 0 spiro atoms. The van der Waals surface area contributed by atoms with Crippen LogP contribution in [0.2, 0.25) is 0 Å². The number of alkyl carbamates (subject to hydrolysis) is 1. The van der Waals surface area contributed by atoms with Crippen LogP contribution >= 0.6 is 0 Å². The van der Waals surface area contributed by atoms with Crippen LogP contribution in [-0.2, 0) is 56.1 Å². The van der Waals surface area contributed by atoms with Gasteiger partial charge in [-0.1, -0.05) is 88.2 Å². The predicted molar refractivity (Wildman–Crippen MR) is 255 cm³/mol. The summed E-state index contributed by atoms with van der Waals surface area (Å²) in [4.78, 5) is 121. The Bertz CT molecular complexity index is 2390. The lowest BCUT2D eigenvalue weighted by Crippen LogP contribution is -2.58. The lowest BCUT2D eigenvalue weighted by Gasteiger charge is -2.28. The topological polar surface area (TPSA) is 282 Å². The highest BCUT2D eigenvalue weighted by Crippen LogP contribution is 2.44. The summed E-state index contributed by atoms with van der Waals surface area (Å²) in [5.41, 5.74) is 8.72. The van der Waals surface area contributed by atoms with E-state index in [4.69, 9.17) is 15.2 Å². The second-order valence-corrected chi connectivity index (χ2v) is 17.9. The van der Waals surface area contributed by atoms with E-state index in [1.807, 2.05) is 26.8 Å². The van der Waals surface area contributed by atoms with E-state index in [1.165, 1.54) is 21.0 Å². The molecule has 370 valence electrons. The summed E-state index contributed by atoms with van der Waals surface area (Å²) < 4.78 is 11.3. The number of hydrogen-bond acceptors (Lipinski definition) is 11. The van der Waals surface area contributed by atoms with Crippen LogP contribution in [0.5, 0.6) is 5.75 Å². The van der Waals surface area contributed by atoms with Crippen LogP contribution in [0.4, 0.5) is 10.5 Å². The molecular formula is C50H64N8O11. The first-order chi connectivity index (χ1) is 32.9. The number of carbonyl (C=O) groups excluding carboxylic acids is 9. The molecule has 2 heterocycles. The number of carbonyl (C=O) groups is 9. The normalized spacial score (nSPS) is 19.1. The average Bonchev–Trinajstić information content (AvgIpc) is 3.64. The van der Waals surface area contributed by atoms with Crippen LogP contribution in [0.15, 0.2) is 66.7 Å². The van der Waals surface area contributed by atoms with E-state index in [9.17, 15) is 43.2 Å². The van der Waals surface area contributed by atoms with Crippen molar-refractivity contribution in [1.29, 1.82) is 0 Å². The molecule has 2 aliphatic heterocycles. The summed E-state index contributed by atoms with van der Waals surface area (Å²) in [6.45, 7) is 8.33. The van der Waals surface area contributed by atoms with Crippen LogP contribution in [0, 0.1) is 5.92 Å². The number of para-hydroxylation sites is 1. The van der Waals surface area contributed by atoms with Crippen molar-refractivity contribution >= 4 is 58.9 Å². The fourth-order valence-electron chi connectivity index (χ4n) is 8.16. The van der Waals surface area contributed by atoms with Crippen LogP contribution in [0.1, 0.15) is 102 Å². The van der Waals surface area contributed by atoms with Gasteiger partial charge in [-0.05, 0) is 67.9 Å². The molecule has 0 unspecified atom stereocenters. The zero-order valence-corrected chi connectivity index (χ0v) is 39.9. The van der Waals surface area contributed by atoms with E-state index in [1.54, 1.807) is 60.7 Å². The molecule has 2 aliphatic rings. The number of ether oxygens (including phenoxy) is 2. The standard InChI is InChI=1S/C50H64N8O11/c1-7-8-17-36(40(59)19-21-42(60)52-29(5)45(62)53-28(4)44(51)61)54-49(66)39-25-35-33-16-12-15-32(43(33)58-46(35)63)34-23-31(18-20-41(34)68-6)24-38(48(65)55-37(22-27(2)3)47(64)56-39)57-50(67)69-26-30-13-10-9-11-14-30/h9-16,18,20,23,27-29,35-39H,7-8,17,19,21-22,24-26H2,1-6H3,(H2,51,61)(H,52,60)(H,53,62)(H,54,66)(H,55,65)(H,56,64)(H,57,67)(H,58,63)/t28-,29-,35-,36-,37-,38-,39-/m0/s1. The Morgan fingerprint density at radius 2 is 1.55 bits per heavy atom. The largest absolute Gasteiger partial charge is 0.496 e. The Kier molecular flexibility index (Phi) is 18.8. The van der Waals surface area contributed by atoms with Crippen molar-refractivity contribution < 1.29 is 52.6 Å². The van der Waals surface area contributed by atoms with Crippen molar-refractivity contribution in [3.8, 4) is 16.9 Å². The molecule has 6 bridgehead atoms. The van der Waals surface area contributed by atoms with Gasteiger partial charge in [-0.25, -0.2) is 4.79 Å². The van der Waals surface area contributed by atoms with Crippen LogP contribution in [-0.4, -0.2) is 96.6 Å². The molecule has 19 heteroatoms. The van der Waals surface area contributed by atoms with Crippen LogP contribution < -0.4 is 47.7 Å². The second-order valence-electron chi connectivity index (χ2n) is 17.9. The van der Waals surface area contributed by atoms with Gasteiger partial charge in [0, 0.05) is 30.4 Å². The number of nitrogens with one attached hydrogen (secondary N) is 7. The number of hydrogen-bond donors (Lipinski definition) is 8. The maximum Gasteiger partial charge on any atom is 0.408 e. The average molecular weight is 953 g/mol. The molecule has 0 aromatic heterocycles. The molecule has 8 amide bonds. The SMILES string of the molecule is CCCC[C@H](NC(=O)[C@@H]1C[C@@H]2C(=O)Nc3c(cccc32)-c2cc(ccc2OC)C[C@H](NC(=O)OCc2ccccc2)C(=O)N[C@@H](CC(C)C)C(=O)N1)C(=O)CCC(=O)N[C@@H](C)C(=O)N[C@@H](C)C(N)=O. The lowest BCUT2D eigenvalue weighted by atomic mass is 9.89. The van der Waals surface area contributed by atoms with Gasteiger partial charge in [0.25, 0.3) is 0 Å². The van der Waals surface area contributed by atoms with E-state index in [-0.39, 0.29) is 51.0 Å². The number of unbranched alkanes of at least 4 members (excludes halogenated alkanes) is 1. The maximum absolute atomic E-state index is 14.6. The Balaban J connectivity index is 1.47. The first-order valence-corrected chi connectivity index (χ1v) is 23.3. The number of rotatable bonds is 19. The zero-order valence-electron chi connectivity index (χ0n) is 39.9. The van der Waals surface area contributed by atoms with Gasteiger partial charge >= 0.3 is 6.09 Å². The van der Waals surface area contributed by atoms with E-state index in [2.05, 4.69) is 37.2 Å². The molecule has 5 rings (SSSR count). The molecular weight excluding hydrogens is 889 g/mol. The first kappa shape index (κ1) is 52.7. The zero-order chi connectivity index (χ0) is 50.4. The molecule has 0 aliphatic carbocycles. The first-order valence-electron chi connectivity index (χ1n) is 23.3. The number of Topliss-reactive ketones (excluding diaryl/α,β-unsaturated/α-hetero) is 1. The van der Waals surface area contributed by atoms with Crippen molar-refractivity contribution in [3.63, 3.8) is 0 Å². The number of anilines is 1. The smallest absolute Gasteiger partial charge is 0.408 e. The van der Waals surface area contributed by atoms with E-state index >= 15 is 0 Å². The minimum atomic E-state index is -1.43. The fraction of sp³-hybridized carbons (Fsp3) is 0.460. The van der Waals surface area contributed by atoms with Gasteiger partial charge in [0.1, 0.15) is 42.6 Å². The van der Waals surface area contributed by atoms with Crippen molar-refractivity contribution in [2.24, 2.45) is 11.7 Å².